The summed E-state index contributed by atoms with van der Waals surface area (Å²) in [6.45, 7) is 3.82. The van der Waals surface area contributed by atoms with Crippen LogP contribution in [0.3, 0.4) is 0 Å². The number of allylic oxidation sites excluding steroid dienone is 1. The van der Waals surface area contributed by atoms with Crippen molar-refractivity contribution in [2.75, 3.05) is 19.8 Å². The second kappa shape index (κ2) is 15.0. The topological polar surface area (TPSA) is 125 Å². The van der Waals surface area contributed by atoms with E-state index in [0.717, 1.165) is 24.0 Å². The highest BCUT2D eigenvalue weighted by molar-refractivity contribution is 9.11. The van der Waals surface area contributed by atoms with Crippen LogP contribution in [0.4, 0.5) is 0 Å². The minimum absolute atomic E-state index is 0.0868. The Morgan fingerprint density at radius 1 is 1.02 bits per heavy atom. The lowest BCUT2D eigenvalue weighted by Gasteiger charge is -2.40. The first kappa shape index (κ1) is 35.0. The first-order valence-electron chi connectivity index (χ1n) is 17.2. The van der Waals surface area contributed by atoms with Crippen molar-refractivity contribution in [3.8, 4) is 0 Å². The van der Waals surface area contributed by atoms with Gasteiger partial charge in [-0.2, -0.15) is 0 Å². The van der Waals surface area contributed by atoms with E-state index in [-0.39, 0.29) is 38.1 Å². The molecule has 49 heavy (non-hydrogen) atoms. The number of likely N-dealkylation sites (tertiary alicyclic amines) is 1. The van der Waals surface area contributed by atoms with Crippen molar-refractivity contribution in [3.63, 3.8) is 0 Å². The molecule has 6 rings (SSSR count). The molecule has 260 valence electrons. The zero-order chi connectivity index (χ0) is 34.7. The summed E-state index contributed by atoms with van der Waals surface area (Å²) in [4.78, 5) is 60.4. The van der Waals surface area contributed by atoms with E-state index >= 15 is 4.79 Å². The van der Waals surface area contributed by atoms with E-state index in [1.807, 2.05) is 79.7 Å². The van der Waals surface area contributed by atoms with Crippen molar-refractivity contribution in [3.05, 3.63) is 94.5 Å². The van der Waals surface area contributed by atoms with Crippen molar-refractivity contribution in [2.24, 2.45) is 11.8 Å². The van der Waals surface area contributed by atoms with Crippen LogP contribution in [0.1, 0.15) is 56.7 Å². The molecule has 2 aromatic rings. The first-order chi connectivity index (χ1) is 23.7. The fraction of sp³-hybridized carbons (Fsp3) is 0.474. The maximum atomic E-state index is 15.1. The summed E-state index contributed by atoms with van der Waals surface area (Å²) in [6, 6.07) is 16.0. The van der Waals surface area contributed by atoms with Crippen LogP contribution in [-0.4, -0.2) is 88.2 Å². The Balaban J connectivity index is 1.46. The van der Waals surface area contributed by atoms with Crippen molar-refractivity contribution in [2.45, 2.75) is 81.8 Å². The van der Waals surface area contributed by atoms with Crippen molar-refractivity contribution in [1.82, 2.24) is 15.1 Å². The lowest BCUT2D eigenvalue weighted by Crippen LogP contribution is -2.60. The van der Waals surface area contributed by atoms with E-state index in [9.17, 15) is 19.5 Å². The van der Waals surface area contributed by atoms with Gasteiger partial charge in [0.05, 0.1) is 30.5 Å². The molecule has 2 N–H and O–H groups in total. The fourth-order valence-corrected chi connectivity index (χ4v) is 8.65. The van der Waals surface area contributed by atoms with Gasteiger partial charge in [-0.05, 0) is 43.4 Å². The van der Waals surface area contributed by atoms with Crippen molar-refractivity contribution < 1.29 is 33.8 Å². The molecule has 1 unspecified atom stereocenters. The molecule has 0 saturated carbocycles. The molecule has 2 aromatic carbocycles. The minimum atomic E-state index is -1.44. The normalized spacial score (nSPS) is 30.8. The third-order valence-corrected chi connectivity index (χ3v) is 10.9. The van der Waals surface area contributed by atoms with Gasteiger partial charge in [-0.15, -0.1) is 0 Å². The maximum absolute atomic E-state index is 15.1. The van der Waals surface area contributed by atoms with Gasteiger partial charge in [0.1, 0.15) is 24.4 Å². The van der Waals surface area contributed by atoms with E-state index in [1.54, 1.807) is 11.0 Å². The zero-order valence-electron chi connectivity index (χ0n) is 27.9. The Labute approximate surface area is 295 Å². The number of halogens is 1. The van der Waals surface area contributed by atoms with E-state index in [4.69, 9.17) is 9.47 Å². The standard InChI is InChI=1S/C38H44BrN3O7/c1-3-13-24(2)41-19-12-6-11-18-30(44)48-23-29(26-16-9-5-10-17-26)40-35(45)31-32-36(46)42(27(22-43)20-25-14-7-4-8-15-25)34(37(41)47)38(32)21-28(39)33(31)49-38/h4-10,12,14-17,21,24,27,29,31-34,43H,3,11,13,18-20,22-23H2,1-2H3,(H,40,45)/b12-6-/t24?,27-,29-,31-,32+,33-,34-,38+/m1/s1. The molecule has 0 radical (unpaired) electrons. The van der Waals surface area contributed by atoms with Crippen LogP contribution >= 0.6 is 15.9 Å². The second-order valence-corrected chi connectivity index (χ2v) is 14.3. The monoisotopic (exact) mass is 733 g/mol. The van der Waals surface area contributed by atoms with Crippen LogP contribution in [0.25, 0.3) is 0 Å². The quantitative estimate of drug-likeness (QED) is 0.308. The Morgan fingerprint density at radius 2 is 1.73 bits per heavy atom. The number of rotatable bonds is 8. The van der Waals surface area contributed by atoms with Gasteiger partial charge in [0.2, 0.25) is 17.7 Å². The highest BCUT2D eigenvalue weighted by atomic mass is 79.9. The van der Waals surface area contributed by atoms with Crippen LogP contribution in [0.5, 0.6) is 0 Å². The van der Waals surface area contributed by atoms with Crippen LogP contribution in [0.15, 0.2) is 83.4 Å². The van der Waals surface area contributed by atoms with Crippen LogP contribution in [0.2, 0.25) is 0 Å². The minimum Gasteiger partial charge on any atom is -0.463 e. The van der Waals surface area contributed by atoms with Gasteiger partial charge in [0, 0.05) is 23.5 Å². The van der Waals surface area contributed by atoms with Gasteiger partial charge in [0.25, 0.3) is 0 Å². The van der Waals surface area contributed by atoms with E-state index in [0.29, 0.717) is 17.3 Å². The molecule has 11 heteroatoms. The number of nitrogens with zero attached hydrogens (tertiary/aromatic N) is 2. The number of nitrogens with one attached hydrogen (secondary N) is 1. The van der Waals surface area contributed by atoms with Gasteiger partial charge in [0.15, 0.2) is 0 Å². The summed E-state index contributed by atoms with van der Waals surface area (Å²) in [5.41, 5.74) is 0.201. The fourth-order valence-electron chi connectivity index (χ4n) is 7.91. The highest BCUT2D eigenvalue weighted by Crippen LogP contribution is 2.59. The van der Waals surface area contributed by atoms with Crippen molar-refractivity contribution in [1.29, 1.82) is 0 Å². The first-order valence-corrected chi connectivity index (χ1v) is 18.0. The molecule has 2 saturated heterocycles. The average molecular weight is 735 g/mol. The summed E-state index contributed by atoms with van der Waals surface area (Å²) >= 11 is 3.63. The predicted octanol–water partition coefficient (Wildman–Crippen LogP) is 4.23. The molecule has 4 aliphatic rings. The maximum Gasteiger partial charge on any atom is 0.306 e. The van der Waals surface area contributed by atoms with Crippen molar-refractivity contribution >= 4 is 39.6 Å². The summed E-state index contributed by atoms with van der Waals surface area (Å²) in [5.74, 6) is -3.57. The molecular weight excluding hydrogens is 690 g/mol. The van der Waals surface area contributed by atoms with Crippen LogP contribution in [-0.2, 0) is 35.1 Å². The third kappa shape index (κ3) is 6.72. The zero-order valence-corrected chi connectivity index (χ0v) is 29.5. The Bertz CT molecular complexity index is 1600. The molecule has 0 aromatic heterocycles. The molecule has 0 aliphatic carbocycles. The number of fused-ring (bicyclic) bond motifs is 2. The summed E-state index contributed by atoms with van der Waals surface area (Å²) < 4.78 is 12.9. The molecular formula is C38H44BrN3O7. The number of carbonyl (C=O) groups excluding carboxylic acids is 4. The molecule has 4 heterocycles. The van der Waals surface area contributed by atoms with Gasteiger partial charge in [-0.3, -0.25) is 19.2 Å². The predicted molar refractivity (Wildman–Crippen MR) is 186 cm³/mol. The number of carbonyl (C=O) groups is 4. The third-order valence-electron chi connectivity index (χ3n) is 10.3. The Morgan fingerprint density at radius 3 is 2.43 bits per heavy atom. The second-order valence-electron chi connectivity index (χ2n) is 13.4. The van der Waals surface area contributed by atoms with Gasteiger partial charge in [-0.25, -0.2) is 0 Å². The van der Waals surface area contributed by atoms with Crippen LogP contribution in [0, 0.1) is 11.8 Å². The van der Waals surface area contributed by atoms with E-state index in [2.05, 4.69) is 28.2 Å². The molecule has 5 bridgehead atoms. The number of amides is 3. The number of benzene rings is 2. The lowest BCUT2D eigenvalue weighted by atomic mass is 9.74. The molecule has 4 aliphatic heterocycles. The number of hydrogen-bond acceptors (Lipinski definition) is 7. The summed E-state index contributed by atoms with van der Waals surface area (Å²) in [5, 5.41) is 13.9. The molecule has 3 amide bonds. The number of ether oxygens (including phenoxy) is 2. The Kier molecular flexibility index (Phi) is 10.7. The van der Waals surface area contributed by atoms with Gasteiger partial charge in [-0.1, -0.05) is 102 Å². The number of cyclic esters (lactones) is 1. The van der Waals surface area contributed by atoms with E-state index < -0.39 is 59.5 Å². The van der Waals surface area contributed by atoms with Gasteiger partial charge >= 0.3 is 5.97 Å². The largest absolute Gasteiger partial charge is 0.463 e. The lowest BCUT2D eigenvalue weighted by molar-refractivity contribution is -0.151. The van der Waals surface area contributed by atoms with Crippen LogP contribution < -0.4 is 5.32 Å². The van der Waals surface area contributed by atoms with E-state index in [1.165, 1.54) is 4.90 Å². The smallest absolute Gasteiger partial charge is 0.306 e. The molecule has 2 fully saturated rings. The summed E-state index contributed by atoms with van der Waals surface area (Å²) in [7, 11) is 0. The number of aliphatic hydroxyl groups excluding tert-OH is 1. The van der Waals surface area contributed by atoms with Gasteiger partial charge < -0.3 is 29.7 Å². The highest BCUT2D eigenvalue weighted by Gasteiger charge is 2.75. The number of hydrogen-bond donors (Lipinski definition) is 2. The number of aliphatic hydroxyl groups is 1. The number of esters is 1. The molecule has 1 spiro atoms. The summed E-state index contributed by atoms with van der Waals surface area (Å²) in [6.07, 6.45) is 7.18. The molecule has 10 nitrogen and oxygen atoms in total. The average Bonchev–Trinajstić information content (AvgIpc) is 3.70. The Hall–Kier alpha value is -3.80. The SMILES string of the molecule is CCCC(C)N1C/C=C\CCC(=O)OC[C@H](c2ccccc2)NC(=O)[C@H]2[C@@H]3O[C@@]4(C=C3Br)[C@@H]2C(=O)N([C@@H](CO)Cc2ccccc2)[C@@H]4C1=O. The molecule has 8 atom stereocenters.